The number of hydrazine groups is 1. The van der Waals surface area contributed by atoms with Crippen molar-refractivity contribution in [3.05, 3.63) is 11.3 Å². The Balaban J connectivity index is 3.01. The Kier molecular flexibility index (Phi) is 3.72. The standard InChI is InChI=1S/C10H14N2O5/c1-5-7(9(14)16-3)6(2)12(8(5)13)11-10(15)17-4/h5H,1-4H3,(H,11,15). The predicted octanol–water partition coefficient (Wildman–Crippen LogP) is 0.183. The minimum absolute atomic E-state index is 0.230. The van der Waals surface area contributed by atoms with E-state index in [1.54, 1.807) is 13.8 Å². The number of hydrogen-bond acceptors (Lipinski definition) is 5. The summed E-state index contributed by atoms with van der Waals surface area (Å²) in [7, 11) is 2.41. The topological polar surface area (TPSA) is 84.9 Å². The highest BCUT2D eigenvalue weighted by molar-refractivity contribution is 6.02. The fourth-order valence-electron chi connectivity index (χ4n) is 1.63. The first-order valence-electron chi connectivity index (χ1n) is 4.91. The number of esters is 1. The van der Waals surface area contributed by atoms with Crippen LogP contribution in [0.4, 0.5) is 4.79 Å². The molecule has 7 nitrogen and oxygen atoms in total. The lowest BCUT2D eigenvalue weighted by Crippen LogP contribution is -2.43. The molecule has 0 aromatic heterocycles. The van der Waals surface area contributed by atoms with Gasteiger partial charge in [0.05, 0.1) is 31.4 Å². The minimum atomic E-state index is -0.781. The molecular formula is C10H14N2O5. The van der Waals surface area contributed by atoms with E-state index in [1.165, 1.54) is 14.2 Å². The second-order valence-electron chi connectivity index (χ2n) is 3.49. The molecule has 1 unspecified atom stereocenters. The normalized spacial score (nSPS) is 19.4. The Morgan fingerprint density at radius 1 is 1.29 bits per heavy atom. The van der Waals surface area contributed by atoms with Crippen LogP contribution < -0.4 is 5.43 Å². The summed E-state index contributed by atoms with van der Waals surface area (Å²) < 4.78 is 8.97. The van der Waals surface area contributed by atoms with E-state index in [-0.39, 0.29) is 5.57 Å². The maximum atomic E-state index is 11.8. The molecule has 1 atom stereocenters. The Morgan fingerprint density at radius 3 is 2.35 bits per heavy atom. The molecule has 1 rings (SSSR count). The molecular weight excluding hydrogens is 228 g/mol. The van der Waals surface area contributed by atoms with E-state index >= 15 is 0 Å². The van der Waals surface area contributed by atoms with Gasteiger partial charge in [-0.25, -0.2) is 20.0 Å². The van der Waals surface area contributed by atoms with Gasteiger partial charge >= 0.3 is 12.1 Å². The van der Waals surface area contributed by atoms with Crippen molar-refractivity contribution in [2.75, 3.05) is 14.2 Å². The van der Waals surface area contributed by atoms with Crippen LogP contribution >= 0.6 is 0 Å². The van der Waals surface area contributed by atoms with Gasteiger partial charge in [0, 0.05) is 0 Å². The van der Waals surface area contributed by atoms with Crippen molar-refractivity contribution in [3.63, 3.8) is 0 Å². The second kappa shape index (κ2) is 4.86. The number of ether oxygens (including phenoxy) is 2. The van der Waals surface area contributed by atoms with Crippen molar-refractivity contribution in [2.24, 2.45) is 5.92 Å². The van der Waals surface area contributed by atoms with E-state index in [0.29, 0.717) is 5.70 Å². The van der Waals surface area contributed by atoms with Crippen LogP contribution in [0.5, 0.6) is 0 Å². The van der Waals surface area contributed by atoms with E-state index in [2.05, 4.69) is 14.9 Å². The highest BCUT2D eigenvalue weighted by atomic mass is 16.5. The van der Waals surface area contributed by atoms with Gasteiger partial charge in [-0.1, -0.05) is 0 Å². The summed E-state index contributed by atoms with van der Waals surface area (Å²) in [6.07, 6.45) is -0.781. The molecule has 1 N–H and O–H groups in total. The number of carbonyl (C=O) groups is 3. The van der Waals surface area contributed by atoms with Gasteiger partial charge in [0.25, 0.3) is 5.91 Å². The molecule has 7 heteroatoms. The van der Waals surface area contributed by atoms with E-state index < -0.39 is 23.9 Å². The molecule has 0 saturated carbocycles. The SMILES string of the molecule is COC(=O)NN1C(=O)C(C)C(C(=O)OC)=C1C. The summed E-state index contributed by atoms with van der Waals surface area (Å²) in [6, 6.07) is 0. The van der Waals surface area contributed by atoms with Crippen LogP contribution in [0.15, 0.2) is 11.3 Å². The Hall–Kier alpha value is -2.05. The van der Waals surface area contributed by atoms with Gasteiger partial charge in [-0.15, -0.1) is 0 Å². The largest absolute Gasteiger partial charge is 0.466 e. The van der Waals surface area contributed by atoms with Crippen molar-refractivity contribution in [3.8, 4) is 0 Å². The third-order valence-electron chi connectivity index (χ3n) is 2.54. The highest BCUT2D eigenvalue weighted by Crippen LogP contribution is 2.28. The highest BCUT2D eigenvalue weighted by Gasteiger charge is 2.39. The van der Waals surface area contributed by atoms with E-state index in [0.717, 1.165) is 5.01 Å². The number of carbonyl (C=O) groups excluding carboxylic acids is 3. The molecule has 1 aliphatic heterocycles. The first-order chi connectivity index (χ1) is 7.93. The van der Waals surface area contributed by atoms with Crippen molar-refractivity contribution < 1.29 is 23.9 Å². The third-order valence-corrected chi connectivity index (χ3v) is 2.54. The number of nitrogens with zero attached hydrogens (tertiary/aromatic N) is 1. The van der Waals surface area contributed by atoms with Crippen molar-refractivity contribution >= 4 is 18.0 Å². The molecule has 0 aromatic rings. The molecule has 2 amide bonds. The first kappa shape index (κ1) is 13.0. The van der Waals surface area contributed by atoms with Crippen molar-refractivity contribution in [1.82, 2.24) is 10.4 Å². The number of hydrogen-bond donors (Lipinski definition) is 1. The first-order valence-corrected chi connectivity index (χ1v) is 4.91. The molecule has 1 heterocycles. The molecule has 0 radical (unpaired) electrons. The van der Waals surface area contributed by atoms with Crippen LogP contribution in [0.2, 0.25) is 0 Å². The quantitative estimate of drug-likeness (QED) is 0.698. The number of nitrogens with one attached hydrogen (secondary N) is 1. The average molecular weight is 242 g/mol. The lowest BCUT2D eigenvalue weighted by Gasteiger charge is -2.18. The third kappa shape index (κ3) is 2.22. The van der Waals surface area contributed by atoms with Gasteiger partial charge in [0.2, 0.25) is 0 Å². The van der Waals surface area contributed by atoms with Gasteiger partial charge < -0.3 is 9.47 Å². The number of amides is 2. The lowest BCUT2D eigenvalue weighted by molar-refractivity contribution is -0.138. The fraction of sp³-hybridized carbons (Fsp3) is 0.500. The number of allylic oxidation sites excluding steroid dienone is 1. The van der Waals surface area contributed by atoms with Crippen molar-refractivity contribution in [2.45, 2.75) is 13.8 Å². The number of rotatable bonds is 2. The van der Waals surface area contributed by atoms with E-state index in [1.807, 2.05) is 0 Å². The Labute approximate surface area is 98.3 Å². The maximum Gasteiger partial charge on any atom is 0.426 e. The molecule has 0 aliphatic carbocycles. The molecule has 0 fully saturated rings. The maximum absolute atomic E-state index is 11.8. The van der Waals surface area contributed by atoms with Crippen LogP contribution in [0.25, 0.3) is 0 Å². The van der Waals surface area contributed by atoms with Crippen LogP contribution in [0.1, 0.15) is 13.8 Å². The van der Waals surface area contributed by atoms with E-state index in [9.17, 15) is 14.4 Å². The Morgan fingerprint density at radius 2 is 1.88 bits per heavy atom. The summed E-state index contributed by atoms with van der Waals surface area (Å²) in [5.41, 5.74) is 2.79. The summed E-state index contributed by atoms with van der Waals surface area (Å²) >= 11 is 0. The van der Waals surface area contributed by atoms with Gasteiger partial charge in [0.1, 0.15) is 0 Å². The summed E-state index contributed by atoms with van der Waals surface area (Å²) in [4.78, 5) is 34.3. The predicted molar refractivity (Wildman–Crippen MR) is 56.3 cm³/mol. The number of methoxy groups -OCH3 is 2. The molecule has 1 aliphatic rings. The van der Waals surface area contributed by atoms with Gasteiger partial charge in [-0.05, 0) is 13.8 Å². The summed E-state index contributed by atoms with van der Waals surface area (Å²) in [6.45, 7) is 3.11. The summed E-state index contributed by atoms with van der Waals surface area (Å²) in [5, 5.41) is 0.989. The zero-order valence-electron chi connectivity index (χ0n) is 10.1. The van der Waals surface area contributed by atoms with Gasteiger partial charge in [-0.3, -0.25) is 4.79 Å². The average Bonchev–Trinajstić information content (AvgIpc) is 2.52. The molecule has 0 saturated heterocycles. The second-order valence-corrected chi connectivity index (χ2v) is 3.49. The van der Waals surface area contributed by atoms with Gasteiger partial charge in [0.15, 0.2) is 0 Å². The van der Waals surface area contributed by atoms with Crippen LogP contribution in [0, 0.1) is 5.92 Å². The zero-order valence-corrected chi connectivity index (χ0v) is 10.1. The van der Waals surface area contributed by atoms with E-state index in [4.69, 9.17) is 0 Å². The Bertz CT molecular complexity index is 402. The van der Waals surface area contributed by atoms with Crippen molar-refractivity contribution in [1.29, 1.82) is 0 Å². The van der Waals surface area contributed by atoms with Gasteiger partial charge in [-0.2, -0.15) is 0 Å². The summed E-state index contributed by atoms with van der Waals surface area (Å²) in [5.74, 6) is -1.65. The minimum Gasteiger partial charge on any atom is -0.466 e. The molecule has 94 valence electrons. The lowest BCUT2D eigenvalue weighted by atomic mass is 10.0. The monoisotopic (exact) mass is 242 g/mol. The molecule has 0 spiro atoms. The van der Waals surface area contributed by atoms with Crippen LogP contribution in [-0.4, -0.2) is 37.2 Å². The fourth-order valence-corrected chi connectivity index (χ4v) is 1.63. The zero-order chi connectivity index (χ0) is 13.2. The van der Waals surface area contributed by atoms with Crippen LogP contribution in [0.3, 0.4) is 0 Å². The molecule has 17 heavy (non-hydrogen) atoms. The molecule has 0 bridgehead atoms. The molecule has 0 aromatic carbocycles. The van der Waals surface area contributed by atoms with Crippen LogP contribution in [-0.2, 0) is 19.1 Å². The smallest absolute Gasteiger partial charge is 0.426 e.